The lowest BCUT2D eigenvalue weighted by molar-refractivity contribution is 0.102. The summed E-state index contributed by atoms with van der Waals surface area (Å²) in [6.45, 7) is 1.80. The van der Waals surface area contributed by atoms with Crippen molar-refractivity contribution in [2.45, 2.75) is 13.3 Å². The van der Waals surface area contributed by atoms with E-state index in [1.807, 2.05) is 6.07 Å². The number of hydrogen-bond donors (Lipinski definition) is 2. The monoisotopic (exact) mass is 287 g/mol. The Labute approximate surface area is 120 Å². The van der Waals surface area contributed by atoms with Crippen LogP contribution in [0.2, 0.25) is 0 Å². The molecule has 0 unspecified atom stereocenters. The zero-order chi connectivity index (χ0) is 14.4. The van der Waals surface area contributed by atoms with Crippen LogP contribution in [0.5, 0.6) is 0 Å². The molecule has 0 aliphatic heterocycles. The molecule has 1 aromatic heterocycles. The lowest BCUT2D eigenvalue weighted by Gasteiger charge is -2.01. The molecule has 1 heterocycles. The van der Waals surface area contributed by atoms with Gasteiger partial charge in [0.25, 0.3) is 5.91 Å². The molecule has 2 aromatic rings. The van der Waals surface area contributed by atoms with Crippen molar-refractivity contribution in [3.63, 3.8) is 0 Å². The maximum atomic E-state index is 12.0. The predicted octanol–water partition coefficient (Wildman–Crippen LogP) is 1.83. The third kappa shape index (κ3) is 3.88. The number of aliphatic hydroxyl groups is 1. The summed E-state index contributed by atoms with van der Waals surface area (Å²) in [4.78, 5) is 16.1. The molecule has 2 rings (SSSR count). The number of carbonyl (C=O) groups excluding carboxylic acids is 1. The van der Waals surface area contributed by atoms with E-state index in [1.165, 1.54) is 0 Å². The Bertz CT molecular complexity index is 670. The summed E-state index contributed by atoms with van der Waals surface area (Å²) in [7, 11) is 0. The summed E-state index contributed by atoms with van der Waals surface area (Å²) in [5.41, 5.74) is 1.24. The van der Waals surface area contributed by atoms with Gasteiger partial charge in [0.15, 0.2) is 0 Å². The van der Waals surface area contributed by atoms with Crippen LogP contribution in [0.3, 0.4) is 0 Å². The summed E-state index contributed by atoms with van der Waals surface area (Å²) in [5.74, 6) is 6.10. The molecule has 20 heavy (non-hydrogen) atoms. The second kappa shape index (κ2) is 6.80. The highest BCUT2D eigenvalue weighted by molar-refractivity contribution is 7.09. The molecule has 1 aromatic carbocycles. The van der Waals surface area contributed by atoms with Crippen LogP contribution in [0.1, 0.15) is 28.2 Å². The number of rotatable bonds is 3. The second-order valence-electron chi connectivity index (χ2n) is 3.96. The number of anilines is 1. The molecule has 0 aliphatic rings. The molecule has 1 amide bonds. The highest BCUT2D eigenvalue weighted by atomic mass is 32.1. The van der Waals surface area contributed by atoms with E-state index in [9.17, 15) is 4.79 Å². The standard InChI is InChI=1S/C14H13N3O2S/c1-10-15-14(20-17-10)16-13(19)12-7-4-6-11(9-12)5-2-3-8-18/h4,6-7,9,18H,3,8H2,1H3,(H,15,16,17,19). The van der Waals surface area contributed by atoms with Crippen molar-refractivity contribution in [2.75, 3.05) is 11.9 Å². The summed E-state index contributed by atoms with van der Waals surface area (Å²) in [5, 5.41) is 11.8. The number of aliphatic hydroxyl groups excluding tert-OH is 1. The fraction of sp³-hybridized carbons (Fsp3) is 0.214. The molecule has 0 saturated heterocycles. The fourth-order valence-corrected chi connectivity index (χ4v) is 2.05. The van der Waals surface area contributed by atoms with Crippen molar-refractivity contribution in [3.8, 4) is 11.8 Å². The number of carbonyl (C=O) groups is 1. The van der Waals surface area contributed by atoms with E-state index in [1.54, 1.807) is 25.1 Å². The first-order valence-electron chi connectivity index (χ1n) is 6.00. The van der Waals surface area contributed by atoms with E-state index >= 15 is 0 Å². The Morgan fingerprint density at radius 2 is 2.35 bits per heavy atom. The van der Waals surface area contributed by atoms with Crippen molar-refractivity contribution in [3.05, 3.63) is 41.2 Å². The van der Waals surface area contributed by atoms with E-state index < -0.39 is 0 Å². The van der Waals surface area contributed by atoms with Crippen LogP contribution in [-0.2, 0) is 0 Å². The Hall–Kier alpha value is -2.23. The van der Waals surface area contributed by atoms with Crippen LogP contribution in [0, 0.1) is 18.8 Å². The van der Waals surface area contributed by atoms with Crippen LogP contribution in [0.4, 0.5) is 5.13 Å². The number of aryl methyl sites for hydroxylation is 1. The first-order chi connectivity index (χ1) is 9.69. The van der Waals surface area contributed by atoms with Crippen molar-refractivity contribution < 1.29 is 9.90 Å². The molecule has 0 aliphatic carbocycles. The van der Waals surface area contributed by atoms with Gasteiger partial charge in [0, 0.05) is 29.1 Å². The maximum absolute atomic E-state index is 12.0. The van der Waals surface area contributed by atoms with Crippen LogP contribution in [-0.4, -0.2) is 27.0 Å². The van der Waals surface area contributed by atoms with Crippen LogP contribution < -0.4 is 5.32 Å². The van der Waals surface area contributed by atoms with Gasteiger partial charge in [0.1, 0.15) is 5.82 Å². The van der Waals surface area contributed by atoms with Crippen molar-refractivity contribution in [1.82, 2.24) is 9.36 Å². The Morgan fingerprint density at radius 1 is 1.50 bits per heavy atom. The average molecular weight is 287 g/mol. The quantitative estimate of drug-likeness (QED) is 0.845. The van der Waals surface area contributed by atoms with Crippen LogP contribution in [0.25, 0.3) is 0 Å². The largest absolute Gasteiger partial charge is 0.395 e. The summed E-state index contributed by atoms with van der Waals surface area (Å²) >= 11 is 1.14. The Kier molecular flexibility index (Phi) is 4.82. The van der Waals surface area contributed by atoms with Gasteiger partial charge in [-0.25, -0.2) is 4.98 Å². The van der Waals surface area contributed by atoms with Gasteiger partial charge in [-0.3, -0.25) is 10.1 Å². The van der Waals surface area contributed by atoms with E-state index in [4.69, 9.17) is 5.11 Å². The number of nitrogens with zero attached hydrogens (tertiary/aromatic N) is 2. The minimum Gasteiger partial charge on any atom is -0.395 e. The van der Waals surface area contributed by atoms with Crippen LogP contribution >= 0.6 is 11.5 Å². The molecule has 0 atom stereocenters. The third-order valence-electron chi connectivity index (χ3n) is 2.34. The molecule has 2 N–H and O–H groups in total. The number of hydrogen-bond acceptors (Lipinski definition) is 5. The van der Waals surface area contributed by atoms with E-state index in [0.717, 1.165) is 17.1 Å². The molecule has 0 saturated carbocycles. The lowest BCUT2D eigenvalue weighted by atomic mass is 10.1. The Balaban J connectivity index is 2.10. The number of amides is 1. The molecule has 0 fully saturated rings. The number of nitrogens with one attached hydrogen (secondary N) is 1. The SMILES string of the molecule is Cc1nsc(NC(=O)c2cccc(C#CCCO)c2)n1. The minimum atomic E-state index is -0.244. The molecule has 5 nitrogen and oxygen atoms in total. The first-order valence-corrected chi connectivity index (χ1v) is 6.78. The van der Waals surface area contributed by atoms with Gasteiger partial charge in [0.2, 0.25) is 5.13 Å². The fourth-order valence-electron chi connectivity index (χ4n) is 1.48. The predicted molar refractivity (Wildman–Crippen MR) is 77.6 cm³/mol. The highest BCUT2D eigenvalue weighted by Gasteiger charge is 2.09. The smallest absolute Gasteiger partial charge is 0.257 e. The maximum Gasteiger partial charge on any atom is 0.257 e. The van der Waals surface area contributed by atoms with Crippen molar-refractivity contribution >= 4 is 22.6 Å². The summed E-state index contributed by atoms with van der Waals surface area (Å²) in [6.07, 6.45) is 0.417. The third-order valence-corrected chi connectivity index (χ3v) is 3.06. The molecular formula is C14H13N3O2S. The average Bonchev–Trinajstić information content (AvgIpc) is 2.85. The number of benzene rings is 1. The van der Waals surface area contributed by atoms with Crippen molar-refractivity contribution in [2.24, 2.45) is 0 Å². The van der Waals surface area contributed by atoms with Gasteiger partial charge in [-0.05, 0) is 25.1 Å². The summed E-state index contributed by atoms with van der Waals surface area (Å²) < 4.78 is 4.00. The highest BCUT2D eigenvalue weighted by Crippen LogP contribution is 2.12. The van der Waals surface area contributed by atoms with Gasteiger partial charge in [-0.1, -0.05) is 17.9 Å². The van der Waals surface area contributed by atoms with E-state index in [0.29, 0.717) is 22.9 Å². The minimum absolute atomic E-state index is 0.0313. The zero-order valence-electron chi connectivity index (χ0n) is 10.9. The lowest BCUT2D eigenvalue weighted by Crippen LogP contribution is -2.11. The Morgan fingerprint density at radius 3 is 3.05 bits per heavy atom. The molecule has 102 valence electrons. The van der Waals surface area contributed by atoms with Gasteiger partial charge >= 0.3 is 0 Å². The molecular weight excluding hydrogens is 274 g/mol. The molecule has 0 bridgehead atoms. The number of aromatic nitrogens is 2. The van der Waals surface area contributed by atoms with Crippen LogP contribution in [0.15, 0.2) is 24.3 Å². The first kappa shape index (κ1) is 14.2. The van der Waals surface area contributed by atoms with Gasteiger partial charge in [0.05, 0.1) is 6.61 Å². The van der Waals surface area contributed by atoms with E-state index in [-0.39, 0.29) is 12.5 Å². The summed E-state index contributed by atoms with van der Waals surface area (Å²) in [6, 6.07) is 6.99. The van der Waals surface area contributed by atoms with Gasteiger partial charge in [-0.2, -0.15) is 4.37 Å². The normalized spacial score (nSPS) is 9.70. The zero-order valence-corrected chi connectivity index (χ0v) is 11.7. The van der Waals surface area contributed by atoms with E-state index in [2.05, 4.69) is 26.5 Å². The second-order valence-corrected chi connectivity index (χ2v) is 4.71. The molecule has 6 heteroatoms. The van der Waals surface area contributed by atoms with Crippen molar-refractivity contribution in [1.29, 1.82) is 0 Å². The van der Waals surface area contributed by atoms with Gasteiger partial charge in [-0.15, -0.1) is 0 Å². The topological polar surface area (TPSA) is 75.1 Å². The molecule has 0 radical (unpaired) electrons. The van der Waals surface area contributed by atoms with Gasteiger partial charge < -0.3 is 5.11 Å². The molecule has 0 spiro atoms.